The third-order valence-corrected chi connectivity index (χ3v) is 2.47. The monoisotopic (exact) mass is 163 g/mol. The second kappa shape index (κ2) is 3.09. The molecule has 2 rings (SSSR count). The van der Waals surface area contributed by atoms with Crippen molar-refractivity contribution in [2.24, 2.45) is 0 Å². The summed E-state index contributed by atoms with van der Waals surface area (Å²) < 4.78 is 0. The standard InChI is InChI=1S/C9H13N3/c1-10-9-5-8(11-6-12-9)7-3-2-4-7/h5-7H,2-4H2,1H3,(H,10,11,12). The number of aromatic nitrogens is 2. The van der Waals surface area contributed by atoms with Crippen LogP contribution in [0.25, 0.3) is 0 Å². The number of nitrogens with zero attached hydrogens (tertiary/aromatic N) is 2. The third kappa shape index (κ3) is 1.26. The van der Waals surface area contributed by atoms with Crippen LogP contribution in [-0.4, -0.2) is 17.0 Å². The molecule has 3 heteroatoms. The first-order chi connectivity index (χ1) is 5.90. The Balaban J connectivity index is 2.19. The molecule has 1 heterocycles. The number of rotatable bonds is 2. The van der Waals surface area contributed by atoms with Crippen LogP contribution in [0.3, 0.4) is 0 Å². The molecule has 0 aromatic carbocycles. The van der Waals surface area contributed by atoms with E-state index in [1.165, 1.54) is 25.0 Å². The van der Waals surface area contributed by atoms with Crippen molar-refractivity contribution in [1.29, 1.82) is 0 Å². The molecule has 0 radical (unpaired) electrons. The van der Waals surface area contributed by atoms with Crippen LogP contribution in [0.15, 0.2) is 12.4 Å². The zero-order valence-electron chi connectivity index (χ0n) is 7.25. The van der Waals surface area contributed by atoms with Crippen LogP contribution in [0.5, 0.6) is 0 Å². The molecule has 1 aliphatic carbocycles. The summed E-state index contributed by atoms with van der Waals surface area (Å²) in [6, 6.07) is 2.05. The molecule has 3 nitrogen and oxygen atoms in total. The Hall–Kier alpha value is -1.12. The molecular formula is C9H13N3. The Morgan fingerprint density at radius 1 is 1.42 bits per heavy atom. The smallest absolute Gasteiger partial charge is 0.129 e. The molecule has 12 heavy (non-hydrogen) atoms. The van der Waals surface area contributed by atoms with Gasteiger partial charge in [0.15, 0.2) is 0 Å². The van der Waals surface area contributed by atoms with Gasteiger partial charge in [0.05, 0.1) is 0 Å². The topological polar surface area (TPSA) is 37.8 Å². The average Bonchev–Trinajstić information content (AvgIpc) is 2.02. The first-order valence-electron chi connectivity index (χ1n) is 4.40. The predicted octanol–water partition coefficient (Wildman–Crippen LogP) is 1.79. The van der Waals surface area contributed by atoms with Crippen molar-refractivity contribution in [3.63, 3.8) is 0 Å². The van der Waals surface area contributed by atoms with Crippen LogP contribution >= 0.6 is 0 Å². The minimum Gasteiger partial charge on any atom is -0.373 e. The molecular weight excluding hydrogens is 150 g/mol. The molecule has 1 saturated carbocycles. The van der Waals surface area contributed by atoms with E-state index in [-0.39, 0.29) is 0 Å². The first kappa shape index (κ1) is 7.53. The SMILES string of the molecule is CNc1cc(C2CCC2)ncn1. The van der Waals surface area contributed by atoms with Crippen molar-refractivity contribution in [1.82, 2.24) is 9.97 Å². The van der Waals surface area contributed by atoms with Crippen LogP contribution in [0, 0.1) is 0 Å². The van der Waals surface area contributed by atoms with E-state index in [1.54, 1.807) is 6.33 Å². The highest BCUT2D eigenvalue weighted by Crippen LogP contribution is 2.35. The van der Waals surface area contributed by atoms with E-state index in [4.69, 9.17) is 0 Å². The fourth-order valence-corrected chi connectivity index (χ4v) is 1.44. The van der Waals surface area contributed by atoms with Gasteiger partial charge in [-0.2, -0.15) is 0 Å². The van der Waals surface area contributed by atoms with E-state index in [0.717, 1.165) is 5.82 Å². The van der Waals surface area contributed by atoms with E-state index < -0.39 is 0 Å². The lowest BCUT2D eigenvalue weighted by Crippen LogP contribution is -2.11. The Morgan fingerprint density at radius 3 is 2.83 bits per heavy atom. The van der Waals surface area contributed by atoms with Crippen molar-refractivity contribution in [3.05, 3.63) is 18.1 Å². The van der Waals surface area contributed by atoms with Crippen molar-refractivity contribution < 1.29 is 0 Å². The van der Waals surface area contributed by atoms with Gasteiger partial charge in [0.25, 0.3) is 0 Å². The van der Waals surface area contributed by atoms with Gasteiger partial charge in [-0.05, 0) is 12.8 Å². The van der Waals surface area contributed by atoms with Crippen LogP contribution in [0.4, 0.5) is 5.82 Å². The second-order valence-corrected chi connectivity index (χ2v) is 3.21. The maximum atomic E-state index is 4.26. The highest BCUT2D eigenvalue weighted by molar-refractivity contribution is 5.35. The minimum absolute atomic E-state index is 0.695. The molecule has 1 aliphatic rings. The van der Waals surface area contributed by atoms with Crippen LogP contribution in [0.1, 0.15) is 30.9 Å². The van der Waals surface area contributed by atoms with E-state index in [0.29, 0.717) is 5.92 Å². The van der Waals surface area contributed by atoms with Crippen molar-refractivity contribution in [2.75, 3.05) is 12.4 Å². The minimum atomic E-state index is 0.695. The molecule has 0 unspecified atom stereocenters. The molecule has 1 aromatic heterocycles. The Morgan fingerprint density at radius 2 is 2.25 bits per heavy atom. The van der Waals surface area contributed by atoms with Crippen LogP contribution < -0.4 is 5.32 Å². The molecule has 0 spiro atoms. The fraction of sp³-hybridized carbons (Fsp3) is 0.556. The molecule has 64 valence electrons. The maximum absolute atomic E-state index is 4.26. The number of nitrogens with one attached hydrogen (secondary N) is 1. The summed E-state index contributed by atoms with van der Waals surface area (Å²) in [5.41, 5.74) is 1.20. The van der Waals surface area contributed by atoms with Crippen molar-refractivity contribution >= 4 is 5.82 Å². The van der Waals surface area contributed by atoms with Gasteiger partial charge in [-0.3, -0.25) is 0 Å². The van der Waals surface area contributed by atoms with E-state index >= 15 is 0 Å². The molecule has 0 amide bonds. The van der Waals surface area contributed by atoms with Gasteiger partial charge >= 0.3 is 0 Å². The summed E-state index contributed by atoms with van der Waals surface area (Å²) >= 11 is 0. The molecule has 1 aromatic rings. The summed E-state index contributed by atoms with van der Waals surface area (Å²) in [6.45, 7) is 0. The van der Waals surface area contributed by atoms with Gasteiger partial charge in [0, 0.05) is 24.7 Å². The predicted molar refractivity (Wildman–Crippen MR) is 48.2 cm³/mol. The quantitative estimate of drug-likeness (QED) is 0.722. The summed E-state index contributed by atoms with van der Waals surface area (Å²) in [7, 11) is 1.88. The molecule has 0 atom stereocenters. The van der Waals surface area contributed by atoms with Crippen LogP contribution in [0.2, 0.25) is 0 Å². The highest BCUT2D eigenvalue weighted by atomic mass is 15.0. The molecule has 1 N–H and O–H groups in total. The van der Waals surface area contributed by atoms with Crippen molar-refractivity contribution in [3.8, 4) is 0 Å². The van der Waals surface area contributed by atoms with Gasteiger partial charge in [-0.15, -0.1) is 0 Å². The van der Waals surface area contributed by atoms with Gasteiger partial charge in [-0.1, -0.05) is 6.42 Å². The summed E-state index contributed by atoms with van der Waals surface area (Å²) in [4.78, 5) is 8.33. The summed E-state index contributed by atoms with van der Waals surface area (Å²) in [5.74, 6) is 1.62. The summed E-state index contributed by atoms with van der Waals surface area (Å²) in [6.07, 6.45) is 5.57. The zero-order valence-corrected chi connectivity index (χ0v) is 7.25. The Kier molecular flexibility index (Phi) is 1.94. The van der Waals surface area contributed by atoms with Gasteiger partial charge in [-0.25, -0.2) is 9.97 Å². The summed E-state index contributed by atoms with van der Waals surface area (Å²) in [5, 5.41) is 3.02. The van der Waals surface area contributed by atoms with Gasteiger partial charge < -0.3 is 5.32 Å². The van der Waals surface area contributed by atoms with Crippen molar-refractivity contribution in [2.45, 2.75) is 25.2 Å². The lowest BCUT2D eigenvalue weighted by atomic mass is 9.83. The van der Waals surface area contributed by atoms with Crippen LogP contribution in [-0.2, 0) is 0 Å². The Labute approximate surface area is 72.2 Å². The molecule has 0 saturated heterocycles. The number of hydrogen-bond donors (Lipinski definition) is 1. The van der Waals surface area contributed by atoms with E-state index in [9.17, 15) is 0 Å². The molecule has 0 bridgehead atoms. The molecule has 0 aliphatic heterocycles. The Bertz CT molecular complexity index is 268. The van der Waals surface area contributed by atoms with Gasteiger partial charge in [0.2, 0.25) is 0 Å². The second-order valence-electron chi connectivity index (χ2n) is 3.21. The number of hydrogen-bond acceptors (Lipinski definition) is 3. The lowest BCUT2D eigenvalue weighted by Gasteiger charge is -2.24. The first-order valence-corrected chi connectivity index (χ1v) is 4.40. The van der Waals surface area contributed by atoms with E-state index in [2.05, 4.69) is 15.3 Å². The molecule has 1 fully saturated rings. The number of anilines is 1. The van der Waals surface area contributed by atoms with E-state index in [1.807, 2.05) is 13.1 Å². The normalized spacial score (nSPS) is 17.1. The lowest BCUT2D eigenvalue weighted by molar-refractivity contribution is 0.411. The maximum Gasteiger partial charge on any atom is 0.129 e. The fourth-order valence-electron chi connectivity index (χ4n) is 1.44. The average molecular weight is 163 g/mol. The zero-order chi connectivity index (χ0) is 8.39. The largest absolute Gasteiger partial charge is 0.373 e. The highest BCUT2D eigenvalue weighted by Gasteiger charge is 2.20. The third-order valence-electron chi connectivity index (χ3n) is 2.47. The van der Waals surface area contributed by atoms with Gasteiger partial charge in [0.1, 0.15) is 12.1 Å².